The first-order valence-electron chi connectivity index (χ1n) is 4.52. The highest BCUT2D eigenvalue weighted by atomic mass is 16.3. The van der Waals surface area contributed by atoms with Crippen LogP contribution in [0.5, 0.6) is 0 Å². The van der Waals surface area contributed by atoms with Crippen LogP contribution in [0.3, 0.4) is 0 Å². The molecule has 3 heteroatoms. The maximum Gasteiger partial charge on any atom is 0.0892 e. The molecular formula is C9H20N2O. The first-order chi connectivity index (χ1) is 5.70. The molecule has 0 fully saturated rings. The Kier molecular flexibility index (Phi) is 6.57. The van der Waals surface area contributed by atoms with Crippen LogP contribution in [0.4, 0.5) is 0 Å². The molecule has 5 N–H and O–H groups in total. The third kappa shape index (κ3) is 6.04. The van der Waals surface area contributed by atoms with Crippen LogP contribution in [0.15, 0.2) is 11.9 Å². The fourth-order valence-electron chi connectivity index (χ4n) is 1.27. The minimum absolute atomic E-state index is 0.253. The van der Waals surface area contributed by atoms with Crippen LogP contribution >= 0.6 is 0 Å². The zero-order valence-electron chi connectivity index (χ0n) is 7.79. The van der Waals surface area contributed by atoms with Crippen LogP contribution < -0.4 is 11.5 Å². The number of aliphatic hydroxyl groups excluding tert-OH is 1. The highest BCUT2D eigenvalue weighted by Gasteiger charge is 2.04. The molecule has 1 unspecified atom stereocenters. The van der Waals surface area contributed by atoms with Crippen LogP contribution in [0.25, 0.3) is 0 Å². The maximum absolute atomic E-state index is 8.75. The van der Waals surface area contributed by atoms with Gasteiger partial charge < -0.3 is 16.6 Å². The van der Waals surface area contributed by atoms with Gasteiger partial charge in [0.2, 0.25) is 0 Å². The van der Waals surface area contributed by atoms with Crippen molar-refractivity contribution in [3.63, 3.8) is 0 Å². The number of allylic oxidation sites excluding steroid dienone is 1. The number of rotatable bonds is 6. The molecular weight excluding hydrogens is 152 g/mol. The second kappa shape index (κ2) is 6.98. The molecule has 1 atom stereocenters. The van der Waals surface area contributed by atoms with Crippen molar-refractivity contribution in [3.05, 3.63) is 11.9 Å². The Morgan fingerprint density at radius 2 is 2.08 bits per heavy atom. The molecule has 0 amide bonds. The van der Waals surface area contributed by atoms with Crippen LogP contribution in [0.2, 0.25) is 0 Å². The first-order valence-corrected chi connectivity index (χ1v) is 4.52. The lowest BCUT2D eigenvalue weighted by Gasteiger charge is -2.11. The van der Waals surface area contributed by atoms with E-state index < -0.39 is 0 Å². The van der Waals surface area contributed by atoms with Crippen LogP contribution in [0.1, 0.15) is 32.6 Å². The van der Waals surface area contributed by atoms with Gasteiger partial charge in [0.25, 0.3) is 0 Å². The Balaban J connectivity index is 3.69. The Hall–Kier alpha value is -0.700. The predicted octanol–water partition coefficient (Wildman–Crippen LogP) is 0.934. The first kappa shape index (κ1) is 11.3. The molecule has 0 aromatic carbocycles. The molecule has 0 aromatic rings. The standard InChI is InChI=1S/C9H20N2O/c1-2-3-8(6-7-12)4-5-9(10)11/h5,8,12H,2-4,6-7,10-11H2,1H3. The lowest BCUT2D eigenvalue weighted by molar-refractivity contribution is 0.251. The number of aliphatic hydroxyl groups is 1. The average Bonchev–Trinajstić information content (AvgIpc) is 2.01. The van der Waals surface area contributed by atoms with E-state index in [2.05, 4.69) is 6.92 Å². The SMILES string of the molecule is CCCC(CC=C(N)N)CCO. The van der Waals surface area contributed by atoms with Gasteiger partial charge in [0.15, 0.2) is 0 Å². The summed E-state index contributed by atoms with van der Waals surface area (Å²) in [4.78, 5) is 0. The van der Waals surface area contributed by atoms with Crippen molar-refractivity contribution in [2.75, 3.05) is 6.61 Å². The summed E-state index contributed by atoms with van der Waals surface area (Å²) in [5, 5.41) is 8.75. The second-order valence-electron chi connectivity index (χ2n) is 3.11. The molecule has 0 aliphatic carbocycles. The predicted molar refractivity (Wildman–Crippen MR) is 51.2 cm³/mol. The Labute approximate surface area is 74.4 Å². The summed E-state index contributed by atoms with van der Waals surface area (Å²) in [5.41, 5.74) is 10.6. The van der Waals surface area contributed by atoms with Crippen molar-refractivity contribution in [1.29, 1.82) is 0 Å². The highest BCUT2D eigenvalue weighted by molar-refractivity contribution is 4.90. The molecule has 0 aromatic heterocycles. The molecule has 0 rings (SSSR count). The zero-order chi connectivity index (χ0) is 9.40. The molecule has 12 heavy (non-hydrogen) atoms. The Morgan fingerprint density at radius 3 is 2.50 bits per heavy atom. The minimum Gasteiger partial charge on any atom is -0.396 e. The fourth-order valence-corrected chi connectivity index (χ4v) is 1.27. The van der Waals surface area contributed by atoms with Gasteiger partial charge in [-0.25, -0.2) is 0 Å². The van der Waals surface area contributed by atoms with E-state index in [1.807, 2.05) is 6.08 Å². The highest BCUT2D eigenvalue weighted by Crippen LogP contribution is 2.15. The van der Waals surface area contributed by atoms with E-state index in [1.54, 1.807) is 0 Å². The number of hydrogen-bond donors (Lipinski definition) is 3. The van der Waals surface area contributed by atoms with Crippen LogP contribution in [-0.2, 0) is 0 Å². The van der Waals surface area contributed by atoms with Gasteiger partial charge in [-0.15, -0.1) is 0 Å². The van der Waals surface area contributed by atoms with E-state index in [0.717, 1.165) is 25.7 Å². The molecule has 0 aliphatic rings. The maximum atomic E-state index is 8.75. The number of nitrogens with two attached hydrogens (primary N) is 2. The van der Waals surface area contributed by atoms with Crippen LogP contribution in [-0.4, -0.2) is 11.7 Å². The van der Waals surface area contributed by atoms with Crippen molar-refractivity contribution < 1.29 is 5.11 Å². The van der Waals surface area contributed by atoms with Crippen molar-refractivity contribution in [2.45, 2.75) is 32.6 Å². The van der Waals surface area contributed by atoms with Crippen molar-refractivity contribution in [3.8, 4) is 0 Å². The summed E-state index contributed by atoms with van der Waals surface area (Å²) in [7, 11) is 0. The molecule has 0 saturated heterocycles. The van der Waals surface area contributed by atoms with E-state index in [-0.39, 0.29) is 6.61 Å². The van der Waals surface area contributed by atoms with Gasteiger partial charge in [-0.3, -0.25) is 0 Å². The minimum atomic E-state index is 0.253. The monoisotopic (exact) mass is 172 g/mol. The van der Waals surface area contributed by atoms with E-state index >= 15 is 0 Å². The normalized spacial score (nSPS) is 12.5. The van der Waals surface area contributed by atoms with Gasteiger partial charge in [-0.1, -0.05) is 19.8 Å². The van der Waals surface area contributed by atoms with Gasteiger partial charge in [0.1, 0.15) is 0 Å². The average molecular weight is 172 g/mol. The molecule has 72 valence electrons. The molecule has 0 bridgehead atoms. The van der Waals surface area contributed by atoms with Gasteiger partial charge >= 0.3 is 0 Å². The fraction of sp³-hybridized carbons (Fsp3) is 0.778. The summed E-state index contributed by atoms with van der Waals surface area (Å²) in [5.74, 6) is 0.913. The van der Waals surface area contributed by atoms with Crippen molar-refractivity contribution >= 4 is 0 Å². The van der Waals surface area contributed by atoms with E-state index in [1.165, 1.54) is 0 Å². The topological polar surface area (TPSA) is 72.3 Å². The van der Waals surface area contributed by atoms with Gasteiger partial charge in [0.05, 0.1) is 5.82 Å². The Bertz CT molecular complexity index is 124. The van der Waals surface area contributed by atoms with Crippen molar-refractivity contribution in [1.82, 2.24) is 0 Å². The molecule has 0 saturated carbocycles. The van der Waals surface area contributed by atoms with E-state index in [0.29, 0.717) is 11.7 Å². The number of hydrogen-bond acceptors (Lipinski definition) is 3. The van der Waals surface area contributed by atoms with Gasteiger partial charge in [-0.2, -0.15) is 0 Å². The third-order valence-electron chi connectivity index (χ3n) is 1.92. The molecule has 3 nitrogen and oxygen atoms in total. The van der Waals surface area contributed by atoms with E-state index in [4.69, 9.17) is 16.6 Å². The quantitative estimate of drug-likeness (QED) is 0.558. The Morgan fingerprint density at radius 1 is 1.42 bits per heavy atom. The smallest absolute Gasteiger partial charge is 0.0892 e. The third-order valence-corrected chi connectivity index (χ3v) is 1.92. The summed E-state index contributed by atoms with van der Waals surface area (Å²) in [6, 6.07) is 0. The summed E-state index contributed by atoms with van der Waals surface area (Å²) in [6.07, 6.45) is 5.83. The van der Waals surface area contributed by atoms with Gasteiger partial charge in [-0.05, 0) is 24.8 Å². The molecule has 0 heterocycles. The molecule has 0 spiro atoms. The zero-order valence-corrected chi connectivity index (χ0v) is 7.79. The summed E-state index contributed by atoms with van der Waals surface area (Å²) in [6.45, 7) is 2.39. The van der Waals surface area contributed by atoms with Crippen LogP contribution in [0, 0.1) is 5.92 Å². The van der Waals surface area contributed by atoms with E-state index in [9.17, 15) is 0 Å². The lowest BCUT2D eigenvalue weighted by atomic mass is 9.96. The second-order valence-corrected chi connectivity index (χ2v) is 3.11. The molecule has 0 radical (unpaired) electrons. The van der Waals surface area contributed by atoms with Crippen molar-refractivity contribution in [2.24, 2.45) is 17.4 Å². The lowest BCUT2D eigenvalue weighted by Crippen LogP contribution is -2.09. The molecule has 0 aliphatic heterocycles. The largest absolute Gasteiger partial charge is 0.396 e. The summed E-state index contributed by atoms with van der Waals surface area (Å²) < 4.78 is 0. The summed E-state index contributed by atoms with van der Waals surface area (Å²) >= 11 is 0. The van der Waals surface area contributed by atoms with Gasteiger partial charge in [0, 0.05) is 6.61 Å².